The summed E-state index contributed by atoms with van der Waals surface area (Å²) in [7, 11) is -3.93. The van der Waals surface area contributed by atoms with E-state index in [0.29, 0.717) is 18.6 Å². The Balaban J connectivity index is 1.82. The van der Waals surface area contributed by atoms with Gasteiger partial charge in [-0.2, -0.15) is 0 Å². The Morgan fingerprint density at radius 2 is 2.10 bits per heavy atom. The van der Waals surface area contributed by atoms with Gasteiger partial charge in [-0.05, 0) is 62.9 Å². The van der Waals surface area contributed by atoms with Crippen LogP contribution in [0.15, 0.2) is 35.4 Å². The molecular weight excluding hydrogens is 394 g/mol. The maximum Gasteiger partial charge on any atom is 0.269 e. The molecule has 0 aliphatic carbocycles. The molecule has 0 saturated carbocycles. The smallest absolute Gasteiger partial charge is 0.269 e. The van der Waals surface area contributed by atoms with Crippen LogP contribution in [0, 0.1) is 13.8 Å². The Morgan fingerprint density at radius 3 is 2.72 bits per heavy atom. The minimum Gasteiger partial charge on any atom is -0.378 e. The van der Waals surface area contributed by atoms with Crippen molar-refractivity contribution in [2.45, 2.75) is 44.1 Å². The standard InChI is InChI=1S/C20H25N3O5S/c1-14-10-15(2)23(12-14)29(26,27)19-6-5-16(11-18(19)22-13-24)20(25)21-8-7-17-4-3-9-28-17/h5-6,10-13,17H,3-4,7-9H2,1-2H3,(H,21,25)(H,22,24)/t17-/m0/s1. The number of ether oxygens (including phenoxy) is 1. The molecule has 156 valence electrons. The third-order valence-corrected chi connectivity index (χ3v) is 6.70. The van der Waals surface area contributed by atoms with Crippen molar-refractivity contribution in [1.82, 2.24) is 9.29 Å². The van der Waals surface area contributed by atoms with Gasteiger partial charge in [-0.1, -0.05) is 0 Å². The number of carbonyl (C=O) groups is 2. The first-order chi connectivity index (χ1) is 13.8. The van der Waals surface area contributed by atoms with E-state index in [2.05, 4.69) is 10.6 Å². The fraction of sp³-hybridized carbons (Fsp3) is 0.400. The van der Waals surface area contributed by atoms with Crippen LogP contribution in [0.2, 0.25) is 0 Å². The van der Waals surface area contributed by atoms with Crippen LogP contribution in [0.3, 0.4) is 0 Å². The Labute approximate surface area is 170 Å². The fourth-order valence-electron chi connectivity index (χ4n) is 3.48. The summed E-state index contributed by atoms with van der Waals surface area (Å²) in [5, 5.41) is 5.21. The summed E-state index contributed by atoms with van der Waals surface area (Å²) < 4.78 is 32.8. The van der Waals surface area contributed by atoms with Gasteiger partial charge in [0.25, 0.3) is 15.9 Å². The molecule has 1 fully saturated rings. The molecule has 29 heavy (non-hydrogen) atoms. The van der Waals surface area contributed by atoms with Crippen molar-refractivity contribution in [3.63, 3.8) is 0 Å². The minimum atomic E-state index is -3.93. The van der Waals surface area contributed by atoms with Gasteiger partial charge in [-0.15, -0.1) is 0 Å². The first kappa shape index (κ1) is 21.1. The lowest BCUT2D eigenvalue weighted by atomic mass is 10.1. The molecule has 1 aromatic carbocycles. The molecule has 0 radical (unpaired) electrons. The van der Waals surface area contributed by atoms with Gasteiger partial charge in [0.05, 0.1) is 11.8 Å². The predicted molar refractivity (Wildman–Crippen MR) is 109 cm³/mol. The van der Waals surface area contributed by atoms with E-state index >= 15 is 0 Å². The lowest BCUT2D eigenvalue weighted by Crippen LogP contribution is -2.27. The van der Waals surface area contributed by atoms with Gasteiger partial charge >= 0.3 is 0 Å². The van der Waals surface area contributed by atoms with E-state index in [-0.39, 0.29) is 28.2 Å². The van der Waals surface area contributed by atoms with Crippen LogP contribution in [0.5, 0.6) is 0 Å². The van der Waals surface area contributed by atoms with Gasteiger partial charge in [-0.3, -0.25) is 9.59 Å². The van der Waals surface area contributed by atoms with Crippen LogP contribution in [-0.4, -0.2) is 44.0 Å². The highest BCUT2D eigenvalue weighted by atomic mass is 32.2. The first-order valence-corrected chi connectivity index (χ1v) is 10.9. The van der Waals surface area contributed by atoms with Crippen molar-refractivity contribution in [1.29, 1.82) is 0 Å². The maximum atomic E-state index is 13.1. The van der Waals surface area contributed by atoms with Crippen LogP contribution < -0.4 is 10.6 Å². The van der Waals surface area contributed by atoms with Crippen molar-refractivity contribution in [2.75, 3.05) is 18.5 Å². The summed E-state index contributed by atoms with van der Waals surface area (Å²) in [6.45, 7) is 4.71. The average molecular weight is 420 g/mol. The number of nitrogens with one attached hydrogen (secondary N) is 2. The molecule has 1 aliphatic heterocycles. The number of nitrogens with zero attached hydrogens (tertiary/aromatic N) is 1. The topological polar surface area (TPSA) is 106 Å². The summed E-state index contributed by atoms with van der Waals surface area (Å²) >= 11 is 0. The van der Waals surface area contributed by atoms with Gasteiger partial charge in [0, 0.05) is 30.6 Å². The highest BCUT2D eigenvalue weighted by Crippen LogP contribution is 2.26. The number of anilines is 1. The number of rotatable bonds is 8. The second kappa shape index (κ2) is 8.79. The van der Waals surface area contributed by atoms with E-state index in [1.165, 1.54) is 24.4 Å². The minimum absolute atomic E-state index is 0.0533. The zero-order valence-electron chi connectivity index (χ0n) is 16.5. The van der Waals surface area contributed by atoms with Crippen molar-refractivity contribution in [2.24, 2.45) is 0 Å². The quantitative estimate of drug-likeness (QED) is 0.638. The van der Waals surface area contributed by atoms with Crippen LogP contribution in [0.4, 0.5) is 5.69 Å². The Kier molecular flexibility index (Phi) is 6.39. The van der Waals surface area contributed by atoms with E-state index in [1.807, 2.05) is 0 Å². The lowest BCUT2D eigenvalue weighted by molar-refractivity contribution is -0.105. The number of aromatic nitrogens is 1. The summed E-state index contributed by atoms with van der Waals surface area (Å²) in [6.07, 6.45) is 4.83. The molecule has 2 N–H and O–H groups in total. The van der Waals surface area contributed by atoms with Crippen LogP contribution in [-0.2, 0) is 19.6 Å². The zero-order chi connectivity index (χ0) is 21.0. The SMILES string of the molecule is Cc1cc(C)n(S(=O)(=O)c2ccc(C(=O)NCC[C@@H]3CCCO3)cc2NC=O)c1. The van der Waals surface area contributed by atoms with E-state index < -0.39 is 10.0 Å². The Hall–Kier alpha value is -2.65. The van der Waals surface area contributed by atoms with Crippen LogP contribution in [0.1, 0.15) is 40.9 Å². The molecule has 0 bridgehead atoms. The molecular formula is C20H25N3O5S. The number of hydrogen-bond acceptors (Lipinski definition) is 5. The van der Waals surface area contributed by atoms with Crippen LogP contribution >= 0.6 is 0 Å². The third-order valence-electron chi connectivity index (χ3n) is 4.87. The van der Waals surface area contributed by atoms with Gasteiger partial charge in [-0.25, -0.2) is 12.4 Å². The number of carbonyl (C=O) groups excluding carboxylic acids is 2. The molecule has 2 aromatic rings. The maximum absolute atomic E-state index is 13.1. The second-order valence-corrected chi connectivity index (χ2v) is 8.90. The molecule has 2 heterocycles. The molecule has 1 saturated heterocycles. The molecule has 1 aromatic heterocycles. The van der Waals surface area contributed by atoms with E-state index in [0.717, 1.165) is 35.4 Å². The molecule has 1 aliphatic rings. The van der Waals surface area contributed by atoms with Crippen molar-refractivity contribution >= 4 is 28.0 Å². The molecule has 3 rings (SSSR count). The first-order valence-electron chi connectivity index (χ1n) is 9.48. The number of hydrogen-bond donors (Lipinski definition) is 2. The van der Waals surface area contributed by atoms with Crippen molar-refractivity contribution in [3.8, 4) is 0 Å². The summed E-state index contributed by atoms with van der Waals surface area (Å²) in [6, 6.07) is 5.90. The second-order valence-electron chi connectivity index (χ2n) is 7.11. The zero-order valence-corrected chi connectivity index (χ0v) is 17.3. The largest absolute Gasteiger partial charge is 0.378 e. The Bertz CT molecular complexity index is 1010. The summed E-state index contributed by atoms with van der Waals surface area (Å²) in [5.74, 6) is -0.339. The fourth-order valence-corrected chi connectivity index (χ4v) is 5.06. The van der Waals surface area contributed by atoms with Gasteiger partial charge in [0.2, 0.25) is 6.41 Å². The molecule has 9 heteroatoms. The predicted octanol–water partition coefficient (Wildman–Crippen LogP) is 2.21. The molecule has 0 unspecified atom stereocenters. The van der Waals surface area contributed by atoms with Gasteiger partial charge < -0.3 is 15.4 Å². The van der Waals surface area contributed by atoms with Crippen molar-refractivity contribution < 1.29 is 22.7 Å². The monoisotopic (exact) mass is 419 g/mol. The summed E-state index contributed by atoms with van der Waals surface area (Å²) in [5.41, 5.74) is 1.67. The van der Waals surface area contributed by atoms with E-state index in [4.69, 9.17) is 4.74 Å². The Morgan fingerprint density at radius 1 is 1.31 bits per heavy atom. The average Bonchev–Trinajstić information content (AvgIpc) is 3.31. The third kappa shape index (κ3) is 4.68. The molecule has 8 nitrogen and oxygen atoms in total. The van der Waals surface area contributed by atoms with Gasteiger partial charge in [0.1, 0.15) is 4.90 Å². The number of amides is 2. The molecule has 0 spiro atoms. The van der Waals surface area contributed by atoms with Gasteiger partial charge in [0.15, 0.2) is 0 Å². The number of aryl methyl sites for hydroxylation is 2. The molecule has 2 amide bonds. The lowest BCUT2D eigenvalue weighted by Gasteiger charge is -2.14. The summed E-state index contributed by atoms with van der Waals surface area (Å²) in [4.78, 5) is 23.4. The van der Waals surface area contributed by atoms with E-state index in [1.54, 1.807) is 19.9 Å². The van der Waals surface area contributed by atoms with Crippen molar-refractivity contribution in [3.05, 3.63) is 47.3 Å². The highest BCUT2D eigenvalue weighted by Gasteiger charge is 2.24. The van der Waals surface area contributed by atoms with E-state index in [9.17, 15) is 18.0 Å². The normalized spacial score (nSPS) is 16.6. The highest BCUT2D eigenvalue weighted by molar-refractivity contribution is 7.90. The van der Waals surface area contributed by atoms with Crippen LogP contribution in [0.25, 0.3) is 0 Å². The molecule has 1 atom stereocenters. The number of benzene rings is 1.